The third kappa shape index (κ3) is 2.74. The molecule has 0 N–H and O–H groups in total. The first-order valence-corrected chi connectivity index (χ1v) is 6.68. The Morgan fingerprint density at radius 2 is 1.80 bits per heavy atom. The van der Waals surface area contributed by atoms with Gasteiger partial charge in [-0.1, -0.05) is 0 Å². The van der Waals surface area contributed by atoms with Gasteiger partial charge in [0.25, 0.3) is 5.69 Å². The van der Waals surface area contributed by atoms with Crippen molar-refractivity contribution in [3.63, 3.8) is 0 Å². The number of nitrogens with zero attached hydrogens (tertiary/aromatic N) is 3. The highest BCUT2D eigenvalue weighted by Gasteiger charge is 2.30. The molecule has 0 saturated carbocycles. The van der Waals surface area contributed by atoms with Gasteiger partial charge in [-0.15, -0.1) is 0 Å². The van der Waals surface area contributed by atoms with Crippen molar-refractivity contribution in [2.75, 3.05) is 18.0 Å². The first kappa shape index (κ1) is 14.3. The number of carbonyl (C=O) groups is 1. The average molecular weight is 277 g/mol. The van der Waals surface area contributed by atoms with Crippen molar-refractivity contribution in [2.45, 2.75) is 32.9 Å². The van der Waals surface area contributed by atoms with E-state index in [-0.39, 0.29) is 23.7 Å². The van der Waals surface area contributed by atoms with Crippen LogP contribution in [0, 0.1) is 10.1 Å². The highest BCUT2D eigenvalue weighted by molar-refractivity contribution is 5.74. The number of rotatable bonds is 2. The third-order valence-electron chi connectivity index (χ3n) is 3.78. The van der Waals surface area contributed by atoms with E-state index in [1.165, 1.54) is 12.1 Å². The summed E-state index contributed by atoms with van der Waals surface area (Å²) in [5, 5.41) is 10.7. The number of benzene rings is 1. The van der Waals surface area contributed by atoms with E-state index in [2.05, 4.69) is 11.8 Å². The summed E-state index contributed by atoms with van der Waals surface area (Å²) < 4.78 is 0. The SMILES string of the molecule is CC(=O)N1C[C@H](C)N(c2ccc([N+](=O)[O-])cc2)C[C@H]1C. The second-order valence-electron chi connectivity index (χ2n) is 5.30. The maximum atomic E-state index is 11.6. The topological polar surface area (TPSA) is 66.7 Å². The van der Waals surface area contributed by atoms with E-state index < -0.39 is 4.92 Å². The lowest BCUT2D eigenvalue weighted by Crippen LogP contribution is -2.57. The minimum absolute atomic E-state index is 0.0905. The number of nitro benzene ring substituents is 1. The number of anilines is 1. The van der Waals surface area contributed by atoms with Crippen LogP contribution in [0.25, 0.3) is 0 Å². The van der Waals surface area contributed by atoms with Crippen LogP contribution in [0.3, 0.4) is 0 Å². The van der Waals surface area contributed by atoms with Crippen LogP contribution in [0.4, 0.5) is 11.4 Å². The highest BCUT2D eigenvalue weighted by Crippen LogP contribution is 2.25. The lowest BCUT2D eigenvalue weighted by Gasteiger charge is -2.45. The summed E-state index contributed by atoms with van der Waals surface area (Å²) in [6.07, 6.45) is 0. The smallest absolute Gasteiger partial charge is 0.269 e. The molecule has 1 fully saturated rings. The monoisotopic (exact) mass is 277 g/mol. The second kappa shape index (κ2) is 5.48. The van der Waals surface area contributed by atoms with E-state index in [9.17, 15) is 14.9 Å². The fraction of sp³-hybridized carbons (Fsp3) is 0.500. The summed E-state index contributed by atoms with van der Waals surface area (Å²) in [5.41, 5.74) is 1.05. The molecule has 1 aromatic rings. The second-order valence-corrected chi connectivity index (χ2v) is 5.30. The van der Waals surface area contributed by atoms with E-state index in [1.54, 1.807) is 19.1 Å². The molecule has 0 radical (unpaired) electrons. The van der Waals surface area contributed by atoms with Crippen LogP contribution in [-0.4, -0.2) is 40.9 Å². The van der Waals surface area contributed by atoms with Gasteiger partial charge < -0.3 is 9.80 Å². The Hall–Kier alpha value is -2.11. The molecule has 6 nitrogen and oxygen atoms in total. The van der Waals surface area contributed by atoms with Crippen molar-refractivity contribution in [1.82, 2.24) is 4.90 Å². The number of nitro groups is 1. The van der Waals surface area contributed by atoms with Crippen LogP contribution in [-0.2, 0) is 4.79 Å². The predicted octanol–water partition coefficient (Wildman–Crippen LogP) is 2.04. The standard InChI is InChI=1S/C14H19N3O3/c1-10-9-16(11(2)8-15(10)12(3)18)13-4-6-14(7-5-13)17(19)20/h4-7,10-11H,8-9H2,1-3H3/t10-,11+/m1/s1. The number of amides is 1. The molecule has 0 bridgehead atoms. The van der Waals surface area contributed by atoms with Crippen LogP contribution in [0.1, 0.15) is 20.8 Å². The van der Waals surface area contributed by atoms with Crippen LogP contribution in [0.5, 0.6) is 0 Å². The van der Waals surface area contributed by atoms with Gasteiger partial charge in [-0.3, -0.25) is 14.9 Å². The molecule has 1 aliphatic heterocycles. The lowest BCUT2D eigenvalue weighted by molar-refractivity contribution is -0.384. The van der Waals surface area contributed by atoms with Crippen molar-refractivity contribution in [3.8, 4) is 0 Å². The van der Waals surface area contributed by atoms with Gasteiger partial charge in [0.05, 0.1) is 4.92 Å². The Kier molecular flexibility index (Phi) is 3.92. The summed E-state index contributed by atoms with van der Waals surface area (Å²) in [7, 11) is 0. The third-order valence-corrected chi connectivity index (χ3v) is 3.78. The van der Waals surface area contributed by atoms with E-state index in [1.807, 2.05) is 11.8 Å². The van der Waals surface area contributed by atoms with E-state index in [0.717, 1.165) is 12.2 Å². The number of carbonyl (C=O) groups excluding carboxylic acids is 1. The molecule has 0 spiro atoms. The van der Waals surface area contributed by atoms with Gasteiger partial charge in [-0.2, -0.15) is 0 Å². The molecule has 2 rings (SSSR count). The minimum Gasteiger partial charge on any atom is -0.365 e. The van der Waals surface area contributed by atoms with Gasteiger partial charge in [0.2, 0.25) is 5.91 Å². The zero-order chi connectivity index (χ0) is 14.9. The molecular weight excluding hydrogens is 258 g/mol. The summed E-state index contributed by atoms with van der Waals surface area (Å²) in [6.45, 7) is 7.08. The van der Waals surface area contributed by atoms with Gasteiger partial charge in [0.1, 0.15) is 0 Å². The minimum atomic E-state index is -0.399. The maximum absolute atomic E-state index is 11.6. The molecule has 1 aromatic carbocycles. The summed E-state index contributed by atoms with van der Waals surface area (Å²) in [6, 6.07) is 6.90. The van der Waals surface area contributed by atoms with Crippen molar-refractivity contribution in [3.05, 3.63) is 34.4 Å². The molecule has 1 amide bonds. The number of piperazine rings is 1. The molecule has 0 unspecified atom stereocenters. The van der Waals surface area contributed by atoms with E-state index in [4.69, 9.17) is 0 Å². The van der Waals surface area contributed by atoms with Crippen molar-refractivity contribution < 1.29 is 9.72 Å². The van der Waals surface area contributed by atoms with E-state index >= 15 is 0 Å². The van der Waals surface area contributed by atoms with Gasteiger partial charge >= 0.3 is 0 Å². The molecule has 0 aromatic heterocycles. The summed E-state index contributed by atoms with van der Waals surface area (Å²) in [4.78, 5) is 25.9. The largest absolute Gasteiger partial charge is 0.365 e. The van der Waals surface area contributed by atoms with Crippen molar-refractivity contribution >= 4 is 17.3 Å². The Balaban J connectivity index is 2.17. The molecule has 6 heteroatoms. The first-order chi connectivity index (χ1) is 9.40. The summed E-state index contributed by atoms with van der Waals surface area (Å²) >= 11 is 0. The van der Waals surface area contributed by atoms with E-state index in [0.29, 0.717) is 6.54 Å². The van der Waals surface area contributed by atoms with Gasteiger partial charge in [-0.25, -0.2) is 0 Å². The molecule has 1 saturated heterocycles. The predicted molar refractivity (Wildman–Crippen MR) is 76.8 cm³/mol. The van der Waals surface area contributed by atoms with Crippen LogP contribution in [0.15, 0.2) is 24.3 Å². The Morgan fingerprint density at radius 3 is 2.30 bits per heavy atom. The molecule has 1 heterocycles. The van der Waals surface area contributed by atoms with Crippen LogP contribution in [0.2, 0.25) is 0 Å². The van der Waals surface area contributed by atoms with Crippen LogP contribution < -0.4 is 4.90 Å². The molecular formula is C14H19N3O3. The molecule has 20 heavy (non-hydrogen) atoms. The summed E-state index contributed by atoms with van der Waals surface area (Å²) in [5.74, 6) is 0.0905. The zero-order valence-corrected chi connectivity index (χ0v) is 11.9. The molecule has 2 atom stereocenters. The Morgan fingerprint density at radius 1 is 1.20 bits per heavy atom. The Bertz CT molecular complexity index is 515. The van der Waals surface area contributed by atoms with Gasteiger partial charge in [0, 0.05) is 49.9 Å². The average Bonchev–Trinajstić information content (AvgIpc) is 2.40. The number of hydrogen-bond donors (Lipinski definition) is 0. The lowest BCUT2D eigenvalue weighted by atomic mass is 10.1. The molecule has 0 aliphatic carbocycles. The maximum Gasteiger partial charge on any atom is 0.269 e. The fourth-order valence-corrected chi connectivity index (χ4v) is 2.69. The quantitative estimate of drug-likeness (QED) is 0.613. The van der Waals surface area contributed by atoms with Gasteiger partial charge in [0.15, 0.2) is 0 Å². The molecule has 108 valence electrons. The Labute approximate surface area is 118 Å². The first-order valence-electron chi connectivity index (χ1n) is 6.68. The number of non-ortho nitro benzene ring substituents is 1. The van der Waals surface area contributed by atoms with Crippen molar-refractivity contribution in [1.29, 1.82) is 0 Å². The normalized spacial score (nSPS) is 22.8. The van der Waals surface area contributed by atoms with Crippen molar-refractivity contribution in [2.24, 2.45) is 0 Å². The number of hydrogen-bond acceptors (Lipinski definition) is 4. The molecule has 1 aliphatic rings. The zero-order valence-electron chi connectivity index (χ0n) is 11.9. The van der Waals surface area contributed by atoms with Gasteiger partial charge in [-0.05, 0) is 26.0 Å². The highest BCUT2D eigenvalue weighted by atomic mass is 16.6. The van der Waals surface area contributed by atoms with Crippen LogP contribution >= 0.6 is 0 Å². The fourth-order valence-electron chi connectivity index (χ4n) is 2.69.